The SMILES string of the molecule is CC(C)NC(=O)C(C)Nc1cc(C(F)(F)F)nc(NN)n1. The van der Waals surface area contributed by atoms with Crippen molar-refractivity contribution in [2.75, 3.05) is 10.7 Å². The molecule has 0 aliphatic heterocycles. The fourth-order valence-electron chi connectivity index (χ4n) is 1.43. The van der Waals surface area contributed by atoms with Gasteiger partial charge in [-0.25, -0.2) is 10.8 Å². The Morgan fingerprint density at radius 2 is 1.90 bits per heavy atom. The summed E-state index contributed by atoms with van der Waals surface area (Å²) in [6.45, 7) is 5.05. The average Bonchev–Trinajstić information content (AvgIpc) is 2.36. The second kappa shape index (κ2) is 6.57. The van der Waals surface area contributed by atoms with Gasteiger partial charge >= 0.3 is 6.18 Å². The molecule has 10 heteroatoms. The Labute approximate surface area is 119 Å². The molecule has 0 spiro atoms. The number of alkyl halides is 3. The molecule has 1 aromatic rings. The van der Waals surface area contributed by atoms with E-state index >= 15 is 0 Å². The Bertz CT molecular complexity index is 505. The number of nitrogen functional groups attached to an aromatic ring is 1. The van der Waals surface area contributed by atoms with Crippen molar-refractivity contribution < 1.29 is 18.0 Å². The summed E-state index contributed by atoms with van der Waals surface area (Å²) in [6.07, 6.45) is -4.64. The first-order chi connectivity index (χ1) is 9.63. The molecule has 5 N–H and O–H groups in total. The van der Waals surface area contributed by atoms with Gasteiger partial charge in [0.1, 0.15) is 11.9 Å². The molecule has 1 unspecified atom stereocenters. The molecule has 0 aromatic carbocycles. The fourth-order valence-corrected chi connectivity index (χ4v) is 1.43. The molecular weight excluding hydrogens is 289 g/mol. The highest BCUT2D eigenvalue weighted by atomic mass is 19.4. The molecule has 21 heavy (non-hydrogen) atoms. The van der Waals surface area contributed by atoms with E-state index in [0.29, 0.717) is 6.07 Å². The largest absolute Gasteiger partial charge is 0.433 e. The van der Waals surface area contributed by atoms with Crippen molar-refractivity contribution in [3.63, 3.8) is 0 Å². The number of nitrogens with one attached hydrogen (secondary N) is 3. The number of nitrogens with two attached hydrogens (primary N) is 1. The van der Waals surface area contributed by atoms with Gasteiger partial charge in [0.2, 0.25) is 11.9 Å². The molecule has 0 aliphatic rings. The third-order valence-electron chi connectivity index (χ3n) is 2.33. The van der Waals surface area contributed by atoms with Crippen LogP contribution >= 0.6 is 0 Å². The number of anilines is 2. The smallest absolute Gasteiger partial charge is 0.358 e. The number of amides is 1. The maximum Gasteiger partial charge on any atom is 0.433 e. The van der Waals surface area contributed by atoms with Crippen molar-refractivity contribution in [3.8, 4) is 0 Å². The lowest BCUT2D eigenvalue weighted by molar-refractivity contribution is -0.141. The summed E-state index contributed by atoms with van der Waals surface area (Å²) < 4.78 is 38.1. The van der Waals surface area contributed by atoms with E-state index in [0.717, 1.165) is 0 Å². The maximum atomic E-state index is 12.7. The van der Waals surface area contributed by atoms with E-state index in [-0.39, 0.29) is 17.8 Å². The topological polar surface area (TPSA) is 105 Å². The summed E-state index contributed by atoms with van der Waals surface area (Å²) in [5.41, 5.74) is 0.789. The molecule has 1 rings (SSSR count). The summed E-state index contributed by atoms with van der Waals surface area (Å²) in [5, 5.41) is 5.20. The van der Waals surface area contributed by atoms with Gasteiger partial charge in [-0.2, -0.15) is 18.2 Å². The van der Waals surface area contributed by atoms with Crippen LogP contribution in [0.25, 0.3) is 0 Å². The lowest BCUT2D eigenvalue weighted by atomic mass is 10.2. The number of hydrazine groups is 1. The van der Waals surface area contributed by atoms with Crippen LogP contribution in [0.1, 0.15) is 26.5 Å². The Kier molecular flexibility index (Phi) is 5.30. The van der Waals surface area contributed by atoms with Gasteiger partial charge < -0.3 is 10.6 Å². The van der Waals surface area contributed by atoms with Crippen molar-refractivity contribution in [1.29, 1.82) is 0 Å². The summed E-state index contributed by atoms with van der Waals surface area (Å²) in [5.74, 6) is 4.12. The minimum absolute atomic E-state index is 0.0841. The van der Waals surface area contributed by atoms with Crippen LogP contribution in [0.15, 0.2) is 6.07 Å². The van der Waals surface area contributed by atoms with Crippen molar-refractivity contribution in [2.45, 2.75) is 39.0 Å². The molecule has 0 saturated heterocycles. The van der Waals surface area contributed by atoms with Gasteiger partial charge in [-0.1, -0.05) is 0 Å². The number of halogens is 3. The zero-order valence-corrected chi connectivity index (χ0v) is 11.7. The van der Waals surface area contributed by atoms with Crippen LogP contribution in [0.5, 0.6) is 0 Å². The van der Waals surface area contributed by atoms with Crippen molar-refractivity contribution >= 4 is 17.7 Å². The lowest BCUT2D eigenvalue weighted by Crippen LogP contribution is -2.41. The zero-order chi connectivity index (χ0) is 16.2. The number of rotatable bonds is 5. The number of aromatic nitrogens is 2. The van der Waals surface area contributed by atoms with Crippen LogP contribution in [0, 0.1) is 0 Å². The number of carbonyl (C=O) groups is 1. The molecule has 0 bridgehead atoms. The number of hydrogen-bond acceptors (Lipinski definition) is 6. The number of nitrogens with zero attached hydrogens (tertiary/aromatic N) is 2. The normalized spacial score (nSPS) is 13.0. The first-order valence-electron chi connectivity index (χ1n) is 6.13. The van der Waals surface area contributed by atoms with Crippen LogP contribution in [-0.2, 0) is 11.0 Å². The first kappa shape index (κ1) is 17.0. The molecular formula is C11H17F3N6O. The van der Waals surface area contributed by atoms with Gasteiger partial charge in [-0.15, -0.1) is 0 Å². The molecule has 7 nitrogen and oxygen atoms in total. The van der Waals surface area contributed by atoms with Crippen LogP contribution in [-0.4, -0.2) is 28.0 Å². The van der Waals surface area contributed by atoms with E-state index in [1.165, 1.54) is 6.92 Å². The number of carbonyl (C=O) groups excluding carboxylic acids is 1. The Balaban J connectivity index is 2.95. The third kappa shape index (κ3) is 5.06. The van der Waals surface area contributed by atoms with Crippen molar-refractivity contribution in [3.05, 3.63) is 11.8 Å². The molecule has 1 atom stereocenters. The molecule has 1 heterocycles. The highest BCUT2D eigenvalue weighted by molar-refractivity contribution is 5.84. The van der Waals surface area contributed by atoms with Crippen LogP contribution in [0.3, 0.4) is 0 Å². The van der Waals surface area contributed by atoms with E-state index in [1.807, 2.05) is 5.43 Å². The van der Waals surface area contributed by atoms with Gasteiger partial charge in [0.25, 0.3) is 0 Å². The van der Waals surface area contributed by atoms with E-state index in [4.69, 9.17) is 5.84 Å². The van der Waals surface area contributed by atoms with Gasteiger partial charge in [-0.05, 0) is 20.8 Å². The van der Waals surface area contributed by atoms with E-state index in [9.17, 15) is 18.0 Å². The van der Waals surface area contributed by atoms with Gasteiger partial charge in [0.15, 0.2) is 5.69 Å². The maximum absolute atomic E-state index is 12.7. The molecule has 1 amide bonds. The second-order valence-corrected chi connectivity index (χ2v) is 4.63. The van der Waals surface area contributed by atoms with Crippen molar-refractivity contribution in [2.24, 2.45) is 5.84 Å². The summed E-state index contributed by atoms with van der Waals surface area (Å²) in [7, 11) is 0. The highest BCUT2D eigenvalue weighted by Gasteiger charge is 2.34. The number of hydrogen-bond donors (Lipinski definition) is 4. The zero-order valence-electron chi connectivity index (χ0n) is 11.7. The first-order valence-corrected chi connectivity index (χ1v) is 6.13. The minimum Gasteiger partial charge on any atom is -0.358 e. The Morgan fingerprint density at radius 3 is 2.38 bits per heavy atom. The fraction of sp³-hybridized carbons (Fsp3) is 0.545. The highest BCUT2D eigenvalue weighted by Crippen LogP contribution is 2.29. The molecule has 0 fully saturated rings. The molecule has 0 saturated carbocycles. The van der Waals surface area contributed by atoms with E-state index < -0.39 is 23.9 Å². The molecule has 0 radical (unpaired) electrons. The van der Waals surface area contributed by atoms with Gasteiger partial charge in [0, 0.05) is 12.1 Å². The van der Waals surface area contributed by atoms with Gasteiger partial charge in [-0.3, -0.25) is 10.2 Å². The van der Waals surface area contributed by atoms with E-state index in [2.05, 4.69) is 20.6 Å². The standard InChI is InChI=1S/C11H17F3N6O/c1-5(2)16-9(21)6(3)17-8-4-7(11(12,13)14)18-10(19-8)20-15/h4-6H,15H2,1-3H3,(H,16,21)(H2,17,18,19,20). The monoisotopic (exact) mass is 306 g/mol. The van der Waals surface area contributed by atoms with Crippen LogP contribution in [0.2, 0.25) is 0 Å². The van der Waals surface area contributed by atoms with Gasteiger partial charge in [0.05, 0.1) is 0 Å². The predicted octanol–water partition coefficient (Wildman–Crippen LogP) is 1.11. The van der Waals surface area contributed by atoms with Crippen LogP contribution in [0.4, 0.5) is 24.9 Å². The summed E-state index contributed by atoms with van der Waals surface area (Å²) >= 11 is 0. The Morgan fingerprint density at radius 1 is 1.29 bits per heavy atom. The quantitative estimate of drug-likeness (QED) is 0.480. The van der Waals surface area contributed by atoms with Crippen molar-refractivity contribution in [1.82, 2.24) is 15.3 Å². The second-order valence-electron chi connectivity index (χ2n) is 4.63. The predicted molar refractivity (Wildman–Crippen MR) is 71.2 cm³/mol. The molecule has 118 valence electrons. The van der Waals surface area contributed by atoms with E-state index in [1.54, 1.807) is 13.8 Å². The third-order valence-corrected chi connectivity index (χ3v) is 2.33. The minimum atomic E-state index is -4.64. The average molecular weight is 306 g/mol. The molecule has 0 aliphatic carbocycles. The summed E-state index contributed by atoms with van der Waals surface area (Å²) in [4.78, 5) is 18.7. The molecule has 1 aromatic heterocycles. The Hall–Kier alpha value is -2.10. The summed E-state index contributed by atoms with van der Waals surface area (Å²) in [6, 6.07) is -0.145. The van der Waals surface area contributed by atoms with Crippen LogP contribution < -0.4 is 21.9 Å². The lowest BCUT2D eigenvalue weighted by Gasteiger charge is -2.17.